The minimum absolute atomic E-state index is 0.132. The van der Waals surface area contributed by atoms with Gasteiger partial charge in [-0.05, 0) is 57.9 Å². The van der Waals surface area contributed by atoms with Crippen LogP contribution in [0.2, 0.25) is 0 Å². The summed E-state index contributed by atoms with van der Waals surface area (Å²) in [5.74, 6) is -1.14. The molecule has 2 N–H and O–H groups in total. The third-order valence-corrected chi connectivity index (χ3v) is 3.36. The highest BCUT2D eigenvalue weighted by Gasteiger charge is 2.12. The second-order valence-corrected chi connectivity index (χ2v) is 5.13. The lowest BCUT2D eigenvalue weighted by Crippen LogP contribution is -2.07. The molecule has 0 atom stereocenters. The average molecular weight is 349 g/mol. The molecule has 0 heterocycles. The number of carbonyl (C=O) groups excluding carboxylic acids is 1. The number of hydrogen-bond donors (Lipinski definition) is 1. The second-order valence-electron chi connectivity index (χ2n) is 4.28. The van der Waals surface area contributed by atoms with Crippen molar-refractivity contribution in [1.29, 1.82) is 5.26 Å². The quantitative estimate of drug-likeness (QED) is 0.681. The minimum atomic E-state index is -0.586. The molecule has 0 aliphatic rings. The summed E-state index contributed by atoms with van der Waals surface area (Å²) in [5.41, 5.74) is 6.91. The molecule has 4 nitrogen and oxygen atoms in total. The van der Waals surface area contributed by atoms with Gasteiger partial charge in [-0.2, -0.15) is 5.26 Å². The van der Waals surface area contributed by atoms with Crippen molar-refractivity contribution < 1.29 is 13.9 Å². The number of anilines is 1. The average Bonchev–Trinajstić information content (AvgIpc) is 2.46. The van der Waals surface area contributed by atoms with E-state index < -0.39 is 11.8 Å². The van der Waals surface area contributed by atoms with Gasteiger partial charge in [0.1, 0.15) is 12.4 Å². The van der Waals surface area contributed by atoms with Crippen molar-refractivity contribution >= 4 is 27.6 Å². The Morgan fingerprint density at radius 1 is 1.33 bits per heavy atom. The number of nitrogens with zero attached hydrogens (tertiary/aromatic N) is 1. The van der Waals surface area contributed by atoms with Gasteiger partial charge in [-0.1, -0.05) is 0 Å². The SMILES string of the molecule is N#Cc1cc(F)cc(COC(=O)c2cc(N)ccc2Br)c1. The zero-order valence-electron chi connectivity index (χ0n) is 10.8. The van der Waals surface area contributed by atoms with E-state index in [1.165, 1.54) is 18.2 Å². The molecular formula is C15H10BrFN2O2. The Hall–Kier alpha value is -2.39. The van der Waals surface area contributed by atoms with Crippen molar-refractivity contribution in [3.8, 4) is 6.07 Å². The van der Waals surface area contributed by atoms with Crippen LogP contribution in [0.1, 0.15) is 21.5 Å². The van der Waals surface area contributed by atoms with Crippen molar-refractivity contribution in [2.24, 2.45) is 0 Å². The molecule has 0 aliphatic carbocycles. The summed E-state index contributed by atoms with van der Waals surface area (Å²) in [6.45, 7) is -0.132. The van der Waals surface area contributed by atoms with Crippen molar-refractivity contribution in [3.05, 3.63) is 63.4 Å². The van der Waals surface area contributed by atoms with E-state index in [2.05, 4.69) is 15.9 Å². The van der Waals surface area contributed by atoms with Crippen LogP contribution in [0, 0.1) is 17.1 Å². The lowest BCUT2D eigenvalue weighted by molar-refractivity contribution is 0.0471. The fourth-order valence-corrected chi connectivity index (χ4v) is 2.13. The first-order valence-electron chi connectivity index (χ1n) is 5.91. The number of benzene rings is 2. The number of hydrogen-bond acceptors (Lipinski definition) is 4. The number of esters is 1. The Morgan fingerprint density at radius 3 is 2.81 bits per heavy atom. The number of nitrogens with two attached hydrogens (primary N) is 1. The highest BCUT2D eigenvalue weighted by molar-refractivity contribution is 9.10. The van der Waals surface area contributed by atoms with Crippen molar-refractivity contribution in [3.63, 3.8) is 0 Å². The second kappa shape index (κ2) is 6.37. The molecule has 106 valence electrons. The molecule has 0 amide bonds. The molecule has 2 rings (SSSR count). The van der Waals surface area contributed by atoms with E-state index in [0.717, 1.165) is 6.07 Å². The van der Waals surface area contributed by atoms with Gasteiger partial charge in [0, 0.05) is 10.2 Å². The van der Waals surface area contributed by atoms with Crippen LogP contribution in [0.4, 0.5) is 10.1 Å². The summed E-state index contributed by atoms with van der Waals surface area (Å²) >= 11 is 3.23. The monoisotopic (exact) mass is 348 g/mol. The predicted molar refractivity (Wildman–Crippen MR) is 78.8 cm³/mol. The minimum Gasteiger partial charge on any atom is -0.457 e. The van der Waals surface area contributed by atoms with Crippen molar-refractivity contribution in [1.82, 2.24) is 0 Å². The van der Waals surface area contributed by atoms with Gasteiger partial charge in [-0.25, -0.2) is 9.18 Å². The smallest absolute Gasteiger partial charge is 0.339 e. The Bertz CT molecular complexity index is 741. The molecule has 6 heteroatoms. The molecule has 0 bridgehead atoms. The number of nitrogen functional groups attached to an aromatic ring is 1. The van der Waals surface area contributed by atoms with Gasteiger partial charge in [0.05, 0.1) is 17.2 Å². The summed E-state index contributed by atoms with van der Waals surface area (Å²) in [4.78, 5) is 12.0. The van der Waals surface area contributed by atoms with Crippen LogP contribution in [0.3, 0.4) is 0 Å². The maximum absolute atomic E-state index is 13.3. The van der Waals surface area contributed by atoms with Crippen LogP contribution in [0.15, 0.2) is 40.9 Å². The summed E-state index contributed by atoms with van der Waals surface area (Å²) < 4.78 is 18.9. The van der Waals surface area contributed by atoms with Gasteiger partial charge in [-0.3, -0.25) is 0 Å². The molecule has 0 radical (unpaired) electrons. The van der Waals surface area contributed by atoms with E-state index in [4.69, 9.17) is 15.7 Å². The molecule has 2 aromatic rings. The number of halogens is 2. The molecule has 0 spiro atoms. The molecule has 2 aromatic carbocycles. The summed E-state index contributed by atoms with van der Waals surface area (Å²) in [6.07, 6.45) is 0. The van der Waals surface area contributed by atoms with Crippen molar-refractivity contribution in [2.45, 2.75) is 6.61 Å². The third-order valence-electron chi connectivity index (χ3n) is 2.67. The largest absolute Gasteiger partial charge is 0.457 e. The van der Waals surface area contributed by atoms with Gasteiger partial charge in [0.15, 0.2) is 0 Å². The summed E-state index contributed by atoms with van der Waals surface area (Å²) in [7, 11) is 0. The lowest BCUT2D eigenvalue weighted by atomic mass is 10.1. The molecule has 0 aromatic heterocycles. The molecule has 0 fully saturated rings. The molecule has 21 heavy (non-hydrogen) atoms. The van der Waals surface area contributed by atoms with Crippen LogP contribution in [-0.2, 0) is 11.3 Å². The Morgan fingerprint density at radius 2 is 2.10 bits per heavy atom. The number of rotatable bonds is 3. The zero-order chi connectivity index (χ0) is 15.4. The van der Waals surface area contributed by atoms with Crippen LogP contribution in [-0.4, -0.2) is 5.97 Å². The van der Waals surface area contributed by atoms with Gasteiger partial charge in [0.2, 0.25) is 0 Å². The van der Waals surface area contributed by atoms with Gasteiger partial charge in [-0.15, -0.1) is 0 Å². The fourth-order valence-electron chi connectivity index (χ4n) is 1.72. The highest BCUT2D eigenvalue weighted by Crippen LogP contribution is 2.21. The first kappa shape index (κ1) is 15.0. The van der Waals surface area contributed by atoms with Crippen LogP contribution in [0.25, 0.3) is 0 Å². The summed E-state index contributed by atoms with van der Waals surface area (Å²) in [5, 5.41) is 8.76. The maximum atomic E-state index is 13.3. The molecular weight excluding hydrogens is 339 g/mol. The standard InChI is InChI=1S/C15H10BrFN2O2/c16-14-2-1-12(19)6-13(14)15(20)21-8-10-3-9(7-18)4-11(17)5-10/h1-6H,8,19H2. The van der Waals surface area contributed by atoms with E-state index in [1.54, 1.807) is 12.1 Å². The third kappa shape index (κ3) is 3.80. The normalized spacial score (nSPS) is 9.95. The van der Waals surface area contributed by atoms with Crippen molar-refractivity contribution in [2.75, 3.05) is 5.73 Å². The van der Waals surface area contributed by atoms with E-state index in [-0.39, 0.29) is 17.7 Å². The van der Waals surface area contributed by atoms with Crippen LogP contribution < -0.4 is 5.73 Å². The number of ether oxygens (including phenoxy) is 1. The van der Waals surface area contributed by atoms with Gasteiger partial charge >= 0.3 is 5.97 Å². The number of nitriles is 1. The maximum Gasteiger partial charge on any atom is 0.339 e. The number of carbonyl (C=O) groups is 1. The van der Waals surface area contributed by atoms with Crippen LogP contribution in [0.5, 0.6) is 0 Å². The topological polar surface area (TPSA) is 76.1 Å². The fraction of sp³-hybridized carbons (Fsp3) is 0.0667. The predicted octanol–water partition coefficient (Wildman–Crippen LogP) is 3.40. The van der Waals surface area contributed by atoms with Gasteiger partial charge in [0.25, 0.3) is 0 Å². The molecule has 0 aliphatic heterocycles. The van der Waals surface area contributed by atoms with E-state index >= 15 is 0 Å². The van der Waals surface area contributed by atoms with E-state index in [1.807, 2.05) is 6.07 Å². The van der Waals surface area contributed by atoms with E-state index in [0.29, 0.717) is 15.7 Å². The lowest BCUT2D eigenvalue weighted by Gasteiger charge is -2.08. The first-order valence-corrected chi connectivity index (χ1v) is 6.70. The first-order chi connectivity index (χ1) is 9.99. The van der Waals surface area contributed by atoms with Gasteiger partial charge < -0.3 is 10.5 Å². The Labute approximate surface area is 129 Å². The molecule has 0 saturated heterocycles. The zero-order valence-corrected chi connectivity index (χ0v) is 12.4. The summed E-state index contributed by atoms with van der Waals surface area (Å²) in [6, 6.07) is 10.4. The highest BCUT2D eigenvalue weighted by atomic mass is 79.9. The molecule has 0 saturated carbocycles. The Balaban J connectivity index is 2.13. The van der Waals surface area contributed by atoms with Crippen LogP contribution >= 0.6 is 15.9 Å². The molecule has 0 unspecified atom stereocenters. The van der Waals surface area contributed by atoms with E-state index in [9.17, 15) is 9.18 Å². The Kier molecular flexibility index (Phi) is 4.55.